The van der Waals surface area contributed by atoms with Crippen LogP contribution in [0.1, 0.15) is 36.2 Å². The molecule has 2 aromatic carbocycles. The lowest BCUT2D eigenvalue weighted by molar-refractivity contribution is -0.116. The van der Waals surface area contributed by atoms with E-state index in [-0.39, 0.29) is 16.5 Å². The van der Waals surface area contributed by atoms with Crippen molar-refractivity contribution >= 4 is 44.6 Å². The average Bonchev–Trinajstić information content (AvgIpc) is 2.81. The van der Waals surface area contributed by atoms with Gasteiger partial charge in [0.1, 0.15) is 11.9 Å². The summed E-state index contributed by atoms with van der Waals surface area (Å²) in [7, 11) is -3.75. The summed E-state index contributed by atoms with van der Waals surface area (Å²) in [6.07, 6.45) is 0.829. The van der Waals surface area contributed by atoms with Crippen molar-refractivity contribution in [1.29, 1.82) is 0 Å². The third kappa shape index (κ3) is 7.39. The summed E-state index contributed by atoms with van der Waals surface area (Å²) in [6.45, 7) is 7.55. The summed E-state index contributed by atoms with van der Waals surface area (Å²) in [5.41, 5.74) is 1.58. The summed E-state index contributed by atoms with van der Waals surface area (Å²) in [5, 5.41) is 8.51. The van der Waals surface area contributed by atoms with E-state index in [1.54, 1.807) is 18.2 Å². The van der Waals surface area contributed by atoms with Crippen molar-refractivity contribution in [1.82, 2.24) is 10.2 Å². The number of fused-ring (bicyclic) bond motifs is 1. The van der Waals surface area contributed by atoms with Crippen LogP contribution >= 0.6 is 11.6 Å². The van der Waals surface area contributed by atoms with E-state index in [9.17, 15) is 22.4 Å². The number of anilines is 2. The minimum Gasteiger partial charge on any atom is -0.371 e. The Morgan fingerprint density at radius 1 is 1.14 bits per heavy atom. The molecule has 3 N–H and O–H groups in total. The van der Waals surface area contributed by atoms with Crippen molar-refractivity contribution in [2.75, 3.05) is 42.6 Å². The summed E-state index contributed by atoms with van der Waals surface area (Å²) >= 11 is 5.95. The van der Waals surface area contributed by atoms with Gasteiger partial charge in [0.25, 0.3) is 5.91 Å². The molecule has 0 aliphatic carbocycles. The van der Waals surface area contributed by atoms with Crippen LogP contribution in [0.3, 0.4) is 0 Å². The topological polar surface area (TPSA) is 108 Å². The first-order chi connectivity index (χ1) is 16.6. The standard InChI is InChI=1S/C24H30ClFN4O4S/c1-3-30(4-2)11-5-10-27-23(31)16-7-9-20-21(12-16)29-24(32)22(28-20)15-35(33,34)14-17-6-8-18(26)13-19(17)25/h6-9,12-13,22,28H,3-5,10-11,14-15H2,1-2H3,(H,27,31)(H,29,32)/t22-/m1/s1. The number of carbonyl (C=O) groups excluding carboxylic acids is 2. The van der Waals surface area contributed by atoms with Crippen LogP contribution in [0.25, 0.3) is 0 Å². The Labute approximate surface area is 210 Å². The van der Waals surface area contributed by atoms with Gasteiger partial charge in [0, 0.05) is 17.1 Å². The molecule has 8 nitrogen and oxygen atoms in total. The molecule has 0 unspecified atom stereocenters. The molecular formula is C24H30ClFN4O4S. The van der Waals surface area contributed by atoms with Crippen LogP contribution in [0, 0.1) is 5.82 Å². The van der Waals surface area contributed by atoms with Gasteiger partial charge in [-0.3, -0.25) is 9.59 Å². The molecule has 0 fully saturated rings. The van der Waals surface area contributed by atoms with E-state index in [2.05, 4.69) is 34.7 Å². The molecule has 0 saturated carbocycles. The second-order valence-electron chi connectivity index (χ2n) is 8.37. The van der Waals surface area contributed by atoms with Crippen LogP contribution in [-0.4, -0.2) is 63.1 Å². The number of halogens is 2. The zero-order valence-electron chi connectivity index (χ0n) is 19.7. The molecule has 2 aromatic rings. The van der Waals surface area contributed by atoms with Gasteiger partial charge in [0.05, 0.1) is 22.9 Å². The van der Waals surface area contributed by atoms with Crippen LogP contribution in [0.4, 0.5) is 15.8 Å². The van der Waals surface area contributed by atoms with E-state index in [4.69, 9.17) is 11.6 Å². The molecular weight excluding hydrogens is 495 g/mol. The van der Waals surface area contributed by atoms with Crippen LogP contribution < -0.4 is 16.0 Å². The Morgan fingerprint density at radius 3 is 2.57 bits per heavy atom. The van der Waals surface area contributed by atoms with Crippen LogP contribution in [0.2, 0.25) is 5.02 Å². The smallest absolute Gasteiger partial charge is 0.251 e. The highest BCUT2D eigenvalue weighted by molar-refractivity contribution is 7.90. The van der Waals surface area contributed by atoms with Gasteiger partial charge in [-0.25, -0.2) is 12.8 Å². The fourth-order valence-electron chi connectivity index (χ4n) is 3.84. The van der Waals surface area contributed by atoms with Crippen LogP contribution in [0.15, 0.2) is 36.4 Å². The summed E-state index contributed by atoms with van der Waals surface area (Å²) in [5.74, 6) is -2.22. The second-order valence-corrected chi connectivity index (χ2v) is 10.9. The molecule has 0 spiro atoms. The molecule has 1 heterocycles. The lowest BCUT2D eigenvalue weighted by Gasteiger charge is -2.27. The Morgan fingerprint density at radius 2 is 1.89 bits per heavy atom. The fourth-order valence-corrected chi connectivity index (χ4v) is 5.74. The van der Waals surface area contributed by atoms with Gasteiger partial charge in [-0.2, -0.15) is 0 Å². The molecule has 0 aromatic heterocycles. The van der Waals surface area contributed by atoms with Crippen molar-refractivity contribution < 1.29 is 22.4 Å². The average molecular weight is 525 g/mol. The molecule has 0 bridgehead atoms. The first kappa shape index (κ1) is 26.9. The molecule has 1 aliphatic rings. The number of benzene rings is 2. The first-order valence-corrected chi connectivity index (χ1v) is 13.7. The largest absolute Gasteiger partial charge is 0.371 e. The van der Waals surface area contributed by atoms with E-state index in [1.807, 2.05) is 0 Å². The number of rotatable bonds is 11. The minimum absolute atomic E-state index is 0.0128. The number of carbonyl (C=O) groups is 2. The maximum atomic E-state index is 13.2. The molecule has 1 aliphatic heterocycles. The van der Waals surface area contributed by atoms with Crippen LogP contribution in [0.5, 0.6) is 0 Å². The van der Waals surface area contributed by atoms with E-state index < -0.39 is 39.1 Å². The van der Waals surface area contributed by atoms with Crippen LogP contribution in [-0.2, 0) is 20.4 Å². The lowest BCUT2D eigenvalue weighted by atomic mass is 10.1. The molecule has 0 saturated heterocycles. The number of sulfone groups is 1. The van der Waals surface area contributed by atoms with E-state index >= 15 is 0 Å². The summed E-state index contributed by atoms with van der Waals surface area (Å²) < 4.78 is 38.6. The zero-order chi connectivity index (χ0) is 25.6. The van der Waals surface area contributed by atoms with Gasteiger partial charge in [-0.1, -0.05) is 31.5 Å². The lowest BCUT2D eigenvalue weighted by Crippen LogP contribution is -2.43. The van der Waals surface area contributed by atoms with Gasteiger partial charge < -0.3 is 20.9 Å². The van der Waals surface area contributed by atoms with Gasteiger partial charge >= 0.3 is 0 Å². The molecule has 1 atom stereocenters. The second kappa shape index (κ2) is 11.8. The Balaban J connectivity index is 1.60. The Bertz CT molecular complexity index is 1190. The Kier molecular flexibility index (Phi) is 9.09. The van der Waals surface area contributed by atoms with Crippen molar-refractivity contribution in [2.45, 2.75) is 32.1 Å². The third-order valence-corrected chi connectivity index (χ3v) is 7.77. The van der Waals surface area contributed by atoms with E-state index in [0.717, 1.165) is 38.2 Å². The third-order valence-electron chi connectivity index (χ3n) is 5.83. The highest BCUT2D eigenvalue weighted by Gasteiger charge is 2.31. The molecule has 35 heavy (non-hydrogen) atoms. The minimum atomic E-state index is -3.75. The normalized spacial score (nSPS) is 15.3. The predicted octanol–water partition coefficient (Wildman–Crippen LogP) is 3.29. The van der Waals surface area contributed by atoms with Crippen molar-refractivity contribution in [3.8, 4) is 0 Å². The predicted molar refractivity (Wildman–Crippen MR) is 136 cm³/mol. The first-order valence-electron chi connectivity index (χ1n) is 11.5. The highest BCUT2D eigenvalue weighted by atomic mass is 35.5. The summed E-state index contributed by atoms with van der Waals surface area (Å²) in [4.78, 5) is 27.4. The van der Waals surface area contributed by atoms with Gasteiger partial charge in [-0.05, 0) is 62.0 Å². The monoisotopic (exact) mass is 524 g/mol. The van der Waals surface area contributed by atoms with Crippen molar-refractivity contribution in [3.63, 3.8) is 0 Å². The number of hydrogen-bond acceptors (Lipinski definition) is 6. The fraction of sp³-hybridized carbons (Fsp3) is 0.417. The number of amides is 2. The maximum Gasteiger partial charge on any atom is 0.251 e. The Hall–Kier alpha value is -2.69. The SMILES string of the molecule is CCN(CC)CCCNC(=O)c1ccc2c(c1)NC(=O)[C@@H](CS(=O)(=O)Cc1ccc(F)cc1Cl)N2. The molecule has 3 rings (SSSR count). The number of hydrogen-bond donors (Lipinski definition) is 3. The maximum absolute atomic E-state index is 13.2. The molecule has 190 valence electrons. The molecule has 2 amide bonds. The van der Waals surface area contributed by atoms with Gasteiger partial charge in [-0.15, -0.1) is 0 Å². The van der Waals surface area contributed by atoms with Crippen molar-refractivity contribution in [2.24, 2.45) is 0 Å². The molecule has 11 heteroatoms. The van der Waals surface area contributed by atoms with E-state index in [0.29, 0.717) is 23.5 Å². The summed E-state index contributed by atoms with van der Waals surface area (Å²) in [6, 6.07) is 7.29. The number of nitrogens with one attached hydrogen (secondary N) is 3. The quantitative estimate of drug-likeness (QED) is 0.389. The molecule has 0 radical (unpaired) electrons. The van der Waals surface area contributed by atoms with Gasteiger partial charge in [0.15, 0.2) is 9.84 Å². The van der Waals surface area contributed by atoms with Gasteiger partial charge in [0.2, 0.25) is 5.91 Å². The number of nitrogens with zero attached hydrogens (tertiary/aromatic N) is 1. The van der Waals surface area contributed by atoms with E-state index in [1.165, 1.54) is 6.07 Å². The highest BCUT2D eigenvalue weighted by Crippen LogP contribution is 2.29. The zero-order valence-corrected chi connectivity index (χ0v) is 21.3. The van der Waals surface area contributed by atoms with Crippen molar-refractivity contribution in [3.05, 3.63) is 58.4 Å².